The van der Waals surface area contributed by atoms with Crippen LogP contribution in [-0.2, 0) is 11.2 Å². The summed E-state index contributed by atoms with van der Waals surface area (Å²) in [5.41, 5.74) is 1.70. The molecule has 140 valence electrons. The Morgan fingerprint density at radius 2 is 1.85 bits per heavy atom. The van der Waals surface area contributed by atoms with Crippen LogP contribution in [0, 0.1) is 20.8 Å². The third-order valence-electron chi connectivity index (χ3n) is 4.73. The van der Waals surface area contributed by atoms with Crippen LogP contribution in [0.2, 0.25) is 0 Å². The van der Waals surface area contributed by atoms with Gasteiger partial charge in [0.1, 0.15) is 23.2 Å². The minimum atomic E-state index is 0.117. The van der Waals surface area contributed by atoms with Crippen LogP contribution in [0.4, 0.5) is 11.6 Å². The van der Waals surface area contributed by atoms with Crippen LogP contribution < -0.4 is 9.80 Å². The van der Waals surface area contributed by atoms with E-state index in [0.717, 1.165) is 47.6 Å². The van der Waals surface area contributed by atoms with Crippen LogP contribution >= 0.6 is 0 Å². The molecule has 2 aromatic heterocycles. The Kier molecular flexibility index (Phi) is 5.11. The summed E-state index contributed by atoms with van der Waals surface area (Å²) in [4.78, 5) is 27.7. The predicted octanol–water partition coefficient (Wildman–Crippen LogP) is 1.35. The first-order valence-corrected chi connectivity index (χ1v) is 8.82. The van der Waals surface area contributed by atoms with Crippen molar-refractivity contribution in [2.45, 2.75) is 27.2 Å². The van der Waals surface area contributed by atoms with E-state index in [2.05, 4.69) is 20.0 Å². The van der Waals surface area contributed by atoms with Gasteiger partial charge in [-0.2, -0.15) is 0 Å². The largest absolute Gasteiger partial charge is 0.363 e. The van der Waals surface area contributed by atoms with Crippen molar-refractivity contribution in [1.82, 2.24) is 20.0 Å². The van der Waals surface area contributed by atoms with Gasteiger partial charge < -0.3 is 19.2 Å². The van der Waals surface area contributed by atoms with Gasteiger partial charge in [0.15, 0.2) is 0 Å². The lowest BCUT2D eigenvalue weighted by Gasteiger charge is -2.35. The normalized spacial score (nSPS) is 14.7. The van der Waals surface area contributed by atoms with Crippen molar-refractivity contribution in [3.63, 3.8) is 0 Å². The molecule has 3 rings (SSSR count). The van der Waals surface area contributed by atoms with E-state index in [1.165, 1.54) is 0 Å². The van der Waals surface area contributed by atoms with Crippen molar-refractivity contribution in [2.24, 2.45) is 0 Å². The van der Waals surface area contributed by atoms with Crippen molar-refractivity contribution in [3.8, 4) is 0 Å². The van der Waals surface area contributed by atoms with Crippen LogP contribution in [-0.4, -0.2) is 66.2 Å². The second-order valence-corrected chi connectivity index (χ2v) is 6.87. The van der Waals surface area contributed by atoms with E-state index in [1.807, 2.05) is 50.7 Å². The van der Waals surface area contributed by atoms with Crippen LogP contribution in [0.5, 0.6) is 0 Å². The molecule has 0 atom stereocenters. The number of carbonyl (C=O) groups is 1. The van der Waals surface area contributed by atoms with Gasteiger partial charge in [-0.05, 0) is 20.8 Å². The molecule has 8 nitrogen and oxygen atoms in total. The molecule has 1 saturated heterocycles. The molecule has 1 aliphatic rings. The molecule has 1 aliphatic heterocycles. The molecular formula is C18H26N6O2. The standard InChI is InChI=1S/C18H26N6O2/c1-12-15(13(2)26-21-12)10-18(25)24-8-6-23(7-9-24)17-11-16(22(4)5)19-14(3)20-17/h11H,6-10H2,1-5H3. The summed E-state index contributed by atoms with van der Waals surface area (Å²) in [7, 11) is 3.94. The van der Waals surface area contributed by atoms with E-state index in [1.54, 1.807) is 0 Å². The molecule has 0 N–H and O–H groups in total. The van der Waals surface area contributed by atoms with E-state index in [-0.39, 0.29) is 5.91 Å². The SMILES string of the molecule is Cc1nc(N(C)C)cc(N2CCN(C(=O)Cc3c(C)noc3C)CC2)n1. The first kappa shape index (κ1) is 18.2. The molecule has 1 fully saturated rings. The second kappa shape index (κ2) is 7.31. The minimum absolute atomic E-state index is 0.117. The number of hydrogen-bond donors (Lipinski definition) is 0. The van der Waals surface area contributed by atoms with Crippen molar-refractivity contribution < 1.29 is 9.32 Å². The zero-order valence-corrected chi connectivity index (χ0v) is 16.1. The van der Waals surface area contributed by atoms with Gasteiger partial charge in [0.2, 0.25) is 5.91 Å². The predicted molar refractivity (Wildman–Crippen MR) is 99.6 cm³/mol. The number of nitrogens with zero attached hydrogens (tertiary/aromatic N) is 6. The molecule has 26 heavy (non-hydrogen) atoms. The van der Waals surface area contributed by atoms with Crippen LogP contribution in [0.25, 0.3) is 0 Å². The van der Waals surface area contributed by atoms with Crippen LogP contribution in [0.3, 0.4) is 0 Å². The second-order valence-electron chi connectivity index (χ2n) is 6.87. The number of rotatable bonds is 4. The zero-order valence-electron chi connectivity index (χ0n) is 16.1. The number of piperazine rings is 1. The van der Waals surface area contributed by atoms with Crippen LogP contribution in [0.1, 0.15) is 22.8 Å². The number of aryl methyl sites for hydroxylation is 3. The van der Waals surface area contributed by atoms with Crippen molar-refractivity contribution in [3.05, 3.63) is 28.9 Å². The maximum atomic E-state index is 12.6. The van der Waals surface area contributed by atoms with Crippen molar-refractivity contribution >= 4 is 17.5 Å². The van der Waals surface area contributed by atoms with E-state index in [4.69, 9.17) is 4.52 Å². The lowest BCUT2D eigenvalue weighted by molar-refractivity contribution is -0.130. The summed E-state index contributed by atoms with van der Waals surface area (Å²) < 4.78 is 5.15. The minimum Gasteiger partial charge on any atom is -0.363 e. The third kappa shape index (κ3) is 3.79. The van der Waals surface area contributed by atoms with E-state index in [0.29, 0.717) is 19.5 Å². The van der Waals surface area contributed by atoms with Gasteiger partial charge in [-0.1, -0.05) is 5.16 Å². The molecule has 0 unspecified atom stereocenters. The average molecular weight is 358 g/mol. The molecule has 3 heterocycles. The Hall–Kier alpha value is -2.64. The molecule has 0 saturated carbocycles. The Balaban J connectivity index is 1.63. The Bertz CT molecular complexity index is 773. The maximum Gasteiger partial charge on any atom is 0.227 e. The third-order valence-corrected chi connectivity index (χ3v) is 4.73. The van der Waals surface area contributed by atoms with E-state index in [9.17, 15) is 4.79 Å². The number of aromatic nitrogens is 3. The van der Waals surface area contributed by atoms with Crippen LogP contribution in [0.15, 0.2) is 10.6 Å². The van der Waals surface area contributed by atoms with Crippen molar-refractivity contribution in [1.29, 1.82) is 0 Å². The molecule has 0 bridgehead atoms. The summed E-state index contributed by atoms with van der Waals surface area (Å²) in [5, 5.41) is 3.92. The molecule has 8 heteroatoms. The quantitative estimate of drug-likeness (QED) is 0.816. The van der Waals surface area contributed by atoms with Gasteiger partial charge in [-0.15, -0.1) is 0 Å². The molecule has 0 radical (unpaired) electrons. The number of carbonyl (C=O) groups excluding carboxylic acids is 1. The Morgan fingerprint density at radius 1 is 1.15 bits per heavy atom. The summed E-state index contributed by atoms with van der Waals surface area (Å²) in [6.45, 7) is 8.51. The van der Waals surface area contributed by atoms with Gasteiger partial charge in [0.05, 0.1) is 12.1 Å². The average Bonchev–Trinajstić information content (AvgIpc) is 2.93. The molecule has 1 amide bonds. The molecular weight excluding hydrogens is 332 g/mol. The fraction of sp³-hybridized carbons (Fsp3) is 0.556. The lowest BCUT2D eigenvalue weighted by Crippen LogP contribution is -2.49. The highest BCUT2D eigenvalue weighted by atomic mass is 16.5. The fourth-order valence-electron chi connectivity index (χ4n) is 3.13. The van der Waals surface area contributed by atoms with E-state index >= 15 is 0 Å². The lowest BCUT2D eigenvalue weighted by atomic mass is 10.1. The molecule has 2 aromatic rings. The fourth-order valence-corrected chi connectivity index (χ4v) is 3.13. The summed E-state index contributed by atoms with van der Waals surface area (Å²) in [5.74, 6) is 3.40. The van der Waals surface area contributed by atoms with Crippen molar-refractivity contribution in [2.75, 3.05) is 50.1 Å². The summed E-state index contributed by atoms with van der Waals surface area (Å²) in [6.07, 6.45) is 0.346. The Morgan fingerprint density at radius 3 is 2.42 bits per heavy atom. The number of hydrogen-bond acceptors (Lipinski definition) is 7. The summed E-state index contributed by atoms with van der Waals surface area (Å²) >= 11 is 0. The highest BCUT2D eigenvalue weighted by Crippen LogP contribution is 2.20. The first-order valence-electron chi connectivity index (χ1n) is 8.82. The van der Waals surface area contributed by atoms with Gasteiger partial charge in [-0.3, -0.25) is 4.79 Å². The monoisotopic (exact) mass is 358 g/mol. The van der Waals surface area contributed by atoms with E-state index < -0.39 is 0 Å². The zero-order chi connectivity index (χ0) is 18.8. The molecule has 0 aliphatic carbocycles. The highest BCUT2D eigenvalue weighted by Gasteiger charge is 2.24. The highest BCUT2D eigenvalue weighted by molar-refractivity contribution is 5.79. The smallest absolute Gasteiger partial charge is 0.227 e. The number of amides is 1. The van der Waals surface area contributed by atoms with Gasteiger partial charge in [0.25, 0.3) is 0 Å². The summed E-state index contributed by atoms with van der Waals surface area (Å²) in [6, 6.07) is 1.99. The maximum absolute atomic E-state index is 12.6. The van der Waals surface area contributed by atoms with Gasteiger partial charge >= 0.3 is 0 Å². The molecule has 0 spiro atoms. The van der Waals surface area contributed by atoms with Gasteiger partial charge in [0, 0.05) is 51.9 Å². The topological polar surface area (TPSA) is 78.6 Å². The first-order chi connectivity index (χ1) is 12.3. The number of anilines is 2. The molecule has 0 aromatic carbocycles. The Labute approximate surface area is 153 Å². The van der Waals surface area contributed by atoms with Gasteiger partial charge in [-0.25, -0.2) is 9.97 Å².